The number of benzene rings is 1. The molecule has 6 rings (SSSR count). The van der Waals surface area contributed by atoms with E-state index in [1.54, 1.807) is 23.5 Å². The molecule has 35 heavy (non-hydrogen) atoms. The number of fused-ring (bicyclic) bond motifs is 5. The smallest absolute Gasteiger partial charge is 0.291 e. The third-order valence-corrected chi connectivity index (χ3v) is 9.25. The average Bonchev–Trinajstić information content (AvgIpc) is 3.50. The van der Waals surface area contributed by atoms with Crippen LogP contribution in [0.4, 0.5) is 10.7 Å². The number of imide groups is 1. The predicted octanol–water partition coefficient (Wildman–Crippen LogP) is 0.926. The largest absolute Gasteiger partial charge is 0.369 e. The number of rotatable bonds is 3. The first-order valence-electron chi connectivity index (χ1n) is 11.5. The molecule has 4 heterocycles. The molecule has 5 N–H and O–H groups in total. The van der Waals surface area contributed by atoms with Crippen molar-refractivity contribution in [2.75, 3.05) is 10.2 Å². The Morgan fingerprint density at radius 2 is 2.06 bits per heavy atom. The Morgan fingerprint density at radius 3 is 2.80 bits per heavy atom. The van der Waals surface area contributed by atoms with Crippen LogP contribution in [-0.2, 0) is 37.6 Å². The number of carbonyl (C=O) groups excluding carboxylic acids is 4. The van der Waals surface area contributed by atoms with E-state index < -0.39 is 47.0 Å². The molecule has 178 valence electrons. The van der Waals surface area contributed by atoms with Gasteiger partial charge in [-0.05, 0) is 49.4 Å². The van der Waals surface area contributed by atoms with Crippen molar-refractivity contribution < 1.29 is 24.5 Å². The van der Waals surface area contributed by atoms with E-state index in [2.05, 4.69) is 11.4 Å². The van der Waals surface area contributed by atoms with Crippen LogP contribution in [0.25, 0.3) is 0 Å². The van der Waals surface area contributed by atoms with Gasteiger partial charge in [-0.3, -0.25) is 19.2 Å². The van der Waals surface area contributed by atoms with Gasteiger partial charge in [-0.1, -0.05) is 11.6 Å². The highest BCUT2D eigenvalue weighted by molar-refractivity contribution is 7.17. The Hall–Kier alpha value is -3.26. The van der Waals surface area contributed by atoms with Crippen LogP contribution in [0.2, 0.25) is 5.02 Å². The number of amides is 4. The van der Waals surface area contributed by atoms with Crippen molar-refractivity contribution in [3.05, 3.63) is 44.8 Å². The maximum Gasteiger partial charge on any atom is 0.291 e. The van der Waals surface area contributed by atoms with Crippen LogP contribution in [0.15, 0.2) is 18.2 Å². The minimum Gasteiger partial charge on any atom is -0.369 e. The maximum absolute atomic E-state index is 14.1. The average molecular weight is 511 g/mol. The fourth-order valence-electron chi connectivity index (χ4n) is 6.38. The maximum atomic E-state index is 14.1. The van der Waals surface area contributed by atoms with Gasteiger partial charge in [-0.2, -0.15) is 5.26 Å². The molecule has 1 spiro atoms. The summed E-state index contributed by atoms with van der Waals surface area (Å²) in [6.07, 6.45) is 3.29. The quantitative estimate of drug-likeness (QED) is 0.525. The van der Waals surface area contributed by atoms with Crippen LogP contribution in [0.5, 0.6) is 0 Å². The van der Waals surface area contributed by atoms with Gasteiger partial charge in [0, 0.05) is 15.5 Å². The zero-order valence-electron chi connectivity index (χ0n) is 18.5. The number of primary amides is 1. The topological polar surface area (TPSA) is 150 Å². The second-order valence-electron chi connectivity index (χ2n) is 9.53. The van der Waals surface area contributed by atoms with E-state index in [4.69, 9.17) is 17.3 Å². The van der Waals surface area contributed by atoms with Crippen LogP contribution in [0.3, 0.4) is 0 Å². The first-order chi connectivity index (χ1) is 16.8. The van der Waals surface area contributed by atoms with Crippen molar-refractivity contribution in [2.24, 2.45) is 17.6 Å². The Morgan fingerprint density at radius 1 is 1.29 bits per heavy atom. The van der Waals surface area contributed by atoms with E-state index in [-0.39, 0.29) is 6.42 Å². The predicted molar refractivity (Wildman–Crippen MR) is 126 cm³/mol. The lowest BCUT2D eigenvalue weighted by Crippen LogP contribution is -2.99. The van der Waals surface area contributed by atoms with Gasteiger partial charge in [-0.15, -0.1) is 11.3 Å². The molecule has 4 aliphatic rings. The molecule has 2 saturated heterocycles. The lowest BCUT2D eigenvalue weighted by Gasteiger charge is -2.26. The normalized spacial score (nSPS) is 28.6. The Balaban J connectivity index is 1.53. The van der Waals surface area contributed by atoms with Gasteiger partial charge in [0.05, 0.1) is 17.7 Å². The molecule has 4 amide bonds. The molecule has 1 aromatic heterocycles. The molecule has 9 nitrogen and oxygen atoms in total. The van der Waals surface area contributed by atoms with E-state index in [0.29, 0.717) is 26.8 Å². The summed E-state index contributed by atoms with van der Waals surface area (Å²) < 4.78 is 0. The lowest BCUT2D eigenvalue weighted by atomic mass is 9.76. The molecule has 1 aliphatic carbocycles. The number of nitrogens with zero attached hydrogens (tertiary/aromatic N) is 2. The number of anilines is 2. The number of carbonyl (C=O) groups is 4. The van der Waals surface area contributed by atoms with Crippen LogP contribution < -0.4 is 21.3 Å². The molecule has 0 bridgehead atoms. The first kappa shape index (κ1) is 22.2. The molecule has 4 atom stereocenters. The van der Waals surface area contributed by atoms with Gasteiger partial charge in [-0.25, -0.2) is 4.90 Å². The van der Waals surface area contributed by atoms with E-state index in [9.17, 15) is 24.4 Å². The number of aryl methyl sites for hydroxylation is 1. The third-order valence-electron chi connectivity index (χ3n) is 7.74. The number of nitrogens with one attached hydrogen (secondary N) is 1. The number of nitriles is 1. The van der Waals surface area contributed by atoms with E-state index in [0.717, 1.165) is 41.0 Å². The summed E-state index contributed by atoms with van der Waals surface area (Å²) in [5, 5.41) is 15.1. The molecular formula is C24H21ClN5O4S+. The molecule has 0 unspecified atom stereocenters. The number of quaternary nitrogens is 1. The summed E-state index contributed by atoms with van der Waals surface area (Å²) in [5.41, 5.74) is 6.32. The van der Waals surface area contributed by atoms with Crippen molar-refractivity contribution in [3.8, 4) is 6.07 Å². The number of hydrogen-bond acceptors (Lipinski definition) is 6. The highest BCUT2D eigenvalue weighted by Gasteiger charge is 2.74. The minimum absolute atomic E-state index is 0.176. The van der Waals surface area contributed by atoms with E-state index in [1.165, 1.54) is 11.3 Å². The molecule has 1 aromatic carbocycles. The summed E-state index contributed by atoms with van der Waals surface area (Å²) >= 11 is 7.56. The van der Waals surface area contributed by atoms with Crippen LogP contribution >= 0.6 is 22.9 Å². The van der Waals surface area contributed by atoms with Gasteiger partial charge < -0.3 is 16.4 Å². The summed E-state index contributed by atoms with van der Waals surface area (Å²) in [7, 11) is 0. The van der Waals surface area contributed by atoms with Crippen LogP contribution in [0.1, 0.15) is 40.8 Å². The molecule has 0 saturated carbocycles. The summed E-state index contributed by atoms with van der Waals surface area (Å²) in [6, 6.07) is 6.42. The van der Waals surface area contributed by atoms with Gasteiger partial charge in [0.25, 0.3) is 5.91 Å². The second-order valence-corrected chi connectivity index (χ2v) is 11.1. The summed E-state index contributed by atoms with van der Waals surface area (Å²) in [5.74, 6) is -4.12. The van der Waals surface area contributed by atoms with Crippen molar-refractivity contribution in [1.29, 1.82) is 5.26 Å². The van der Waals surface area contributed by atoms with Crippen LogP contribution in [0, 0.1) is 23.2 Å². The number of thiophene rings is 1. The van der Waals surface area contributed by atoms with Crippen LogP contribution in [-0.4, -0.2) is 29.7 Å². The second kappa shape index (κ2) is 7.62. The summed E-state index contributed by atoms with van der Waals surface area (Å²) in [6.45, 7) is 0. The molecule has 3 aliphatic heterocycles. The van der Waals surface area contributed by atoms with Crippen molar-refractivity contribution >= 4 is 57.3 Å². The Kier molecular flexibility index (Phi) is 4.84. The molecule has 2 fully saturated rings. The van der Waals surface area contributed by atoms with Gasteiger partial charge in [0.15, 0.2) is 0 Å². The van der Waals surface area contributed by atoms with Gasteiger partial charge in [0.1, 0.15) is 28.9 Å². The zero-order chi connectivity index (χ0) is 24.6. The fourth-order valence-corrected chi connectivity index (χ4v) is 7.90. The van der Waals surface area contributed by atoms with Crippen molar-refractivity contribution in [2.45, 2.75) is 43.7 Å². The lowest BCUT2D eigenvalue weighted by molar-refractivity contribution is -0.732. The van der Waals surface area contributed by atoms with Gasteiger partial charge in [0.2, 0.25) is 23.3 Å². The minimum atomic E-state index is -1.46. The monoisotopic (exact) mass is 510 g/mol. The standard InChI is InChI=1S/C24H20ClN5O4S/c25-10-5-6-14-13(7-10)24(23(34)28-14)19-18(15(29-24)8-17(27)31)20(32)30(21(19)33)22-12(9-26)11-3-1-2-4-16(11)35-22/h5-7,15,18-19,29H,1-4,8H2,(H2,27,31)(H,28,34)/p+1/t15-,18-,19+,24+/m1/s1. The van der Waals surface area contributed by atoms with Crippen molar-refractivity contribution in [3.63, 3.8) is 0 Å². The SMILES string of the molecule is N#Cc1c(N2C(=O)[C@H]3[C@@H](C2=O)[C@]2([NH2+][C@@H]3CC(N)=O)C(=O)Nc3ccc(Cl)cc32)sc2c1CCCC2. The number of halogens is 1. The van der Waals surface area contributed by atoms with E-state index in [1.807, 2.05) is 0 Å². The number of nitrogens with two attached hydrogens (primary N) is 2. The van der Waals surface area contributed by atoms with Crippen molar-refractivity contribution in [1.82, 2.24) is 0 Å². The Labute approximate surface area is 209 Å². The highest BCUT2D eigenvalue weighted by atomic mass is 35.5. The fraction of sp³-hybridized carbons (Fsp3) is 0.375. The van der Waals surface area contributed by atoms with E-state index >= 15 is 0 Å². The third kappa shape index (κ3) is 2.89. The molecular weight excluding hydrogens is 490 g/mol. The number of hydrogen-bond donors (Lipinski definition) is 3. The van der Waals surface area contributed by atoms with Gasteiger partial charge >= 0.3 is 0 Å². The highest BCUT2D eigenvalue weighted by Crippen LogP contribution is 2.52. The first-order valence-corrected chi connectivity index (χ1v) is 12.7. The Bertz CT molecular complexity index is 1400. The molecule has 11 heteroatoms. The zero-order valence-corrected chi connectivity index (χ0v) is 20.0. The summed E-state index contributed by atoms with van der Waals surface area (Å²) in [4.78, 5) is 55.5. The molecule has 2 aromatic rings. The molecule has 0 radical (unpaired) electrons.